The zero-order valence-electron chi connectivity index (χ0n) is 18.1. The number of nitrogens with one attached hydrogen (secondary N) is 1. The third-order valence-corrected chi connectivity index (χ3v) is 5.81. The van der Waals surface area contributed by atoms with Crippen LogP contribution >= 0.6 is 11.8 Å². The Balaban J connectivity index is 1.69. The number of hydrogen-bond donors (Lipinski definition) is 1. The van der Waals surface area contributed by atoms with Crippen molar-refractivity contribution in [3.05, 3.63) is 51.8 Å². The summed E-state index contributed by atoms with van der Waals surface area (Å²) in [6, 6.07) is 9.03. The van der Waals surface area contributed by atoms with Crippen molar-refractivity contribution in [2.75, 3.05) is 27.1 Å². The SMILES string of the molecule is COc1cc(OC)c(OC)cc1CNC(=O)CSc1nc2ccc(C)cc2c(=O)n1C. The molecular formula is C22H25N3O5S. The molecule has 0 bridgehead atoms. The van der Waals surface area contributed by atoms with Crippen molar-refractivity contribution in [2.45, 2.75) is 18.6 Å². The van der Waals surface area contributed by atoms with Gasteiger partial charge in [-0.1, -0.05) is 23.4 Å². The highest BCUT2D eigenvalue weighted by atomic mass is 32.2. The molecule has 0 saturated carbocycles. The Morgan fingerprint density at radius 2 is 1.74 bits per heavy atom. The number of carbonyl (C=O) groups is 1. The fourth-order valence-electron chi connectivity index (χ4n) is 3.10. The second-order valence-corrected chi connectivity index (χ2v) is 7.81. The van der Waals surface area contributed by atoms with Crippen LogP contribution in [0.25, 0.3) is 10.9 Å². The van der Waals surface area contributed by atoms with Gasteiger partial charge in [0.2, 0.25) is 5.91 Å². The van der Waals surface area contributed by atoms with Crippen LogP contribution in [-0.2, 0) is 18.4 Å². The van der Waals surface area contributed by atoms with Gasteiger partial charge in [0, 0.05) is 25.2 Å². The molecule has 0 spiro atoms. The van der Waals surface area contributed by atoms with Crippen molar-refractivity contribution in [3.63, 3.8) is 0 Å². The molecule has 1 amide bonds. The Hall–Kier alpha value is -3.20. The van der Waals surface area contributed by atoms with E-state index in [0.717, 1.165) is 11.1 Å². The molecule has 164 valence electrons. The van der Waals surface area contributed by atoms with Gasteiger partial charge >= 0.3 is 0 Å². The molecule has 1 N–H and O–H groups in total. The van der Waals surface area contributed by atoms with E-state index in [1.807, 2.05) is 25.1 Å². The first-order valence-corrected chi connectivity index (χ1v) is 10.5. The van der Waals surface area contributed by atoms with Gasteiger partial charge in [-0.15, -0.1) is 0 Å². The minimum atomic E-state index is -0.194. The number of benzene rings is 2. The van der Waals surface area contributed by atoms with Crippen LogP contribution in [0.4, 0.5) is 0 Å². The molecular weight excluding hydrogens is 418 g/mol. The Kier molecular flexibility index (Phi) is 7.06. The average molecular weight is 444 g/mol. The highest BCUT2D eigenvalue weighted by Crippen LogP contribution is 2.34. The molecule has 9 heteroatoms. The Morgan fingerprint density at radius 1 is 1.06 bits per heavy atom. The third-order valence-electron chi connectivity index (χ3n) is 4.79. The number of nitrogens with zero attached hydrogens (tertiary/aromatic N) is 2. The molecule has 1 aromatic heterocycles. The molecule has 0 fully saturated rings. The van der Waals surface area contributed by atoms with E-state index in [9.17, 15) is 9.59 Å². The van der Waals surface area contributed by atoms with Crippen LogP contribution in [-0.4, -0.2) is 42.5 Å². The van der Waals surface area contributed by atoms with Gasteiger partial charge in [-0.25, -0.2) is 4.98 Å². The van der Waals surface area contributed by atoms with Crippen LogP contribution in [0.2, 0.25) is 0 Å². The first-order valence-electron chi connectivity index (χ1n) is 9.53. The maximum Gasteiger partial charge on any atom is 0.261 e. The number of hydrogen-bond acceptors (Lipinski definition) is 7. The van der Waals surface area contributed by atoms with E-state index in [1.165, 1.54) is 16.3 Å². The largest absolute Gasteiger partial charge is 0.496 e. The second kappa shape index (κ2) is 9.74. The number of aromatic nitrogens is 2. The van der Waals surface area contributed by atoms with Crippen molar-refractivity contribution in [3.8, 4) is 17.2 Å². The van der Waals surface area contributed by atoms with Gasteiger partial charge in [0.1, 0.15) is 5.75 Å². The van der Waals surface area contributed by atoms with Crippen LogP contribution in [0, 0.1) is 6.92 Å². The fraction of sp³-hybridized carbons (Fsp3) is 0.318. The van der Waals surface area contributed by atoms with Crippen molar-refractivity contribution >= 4 is 28.6 Å². The smallest absolute Gasteiger partial charge is 0.261 e. The minimum absolute atomic E-state index is 0.118. The van der Waals surface area contributed by atoms with Gasteiger partial charge in [0.25, 0.3) is 5.56 Å². The molecule has 31 heavy (non-hydrogen) atoms. The molecule has 0 saturated heterocycles. The molecule has 0 radical (unpaired) electrons. The molecule has 1 heterocycles. The number of carbonyl (C=O) groups excluding carboxylic acids is 1. The Morgan fingerprint density at radius 3 is 2.42 bits per heavy atom. The zero-order chi connectivity index (χ0) is 22.5. The molecule has 0 aliphatic heterocycles. The number of amides is 1. The number of rotatable bonds is 8. The van der Waals surface area contributed by atoms with Crippen molar-refractivity contribution < 1.29 is 19.0 Å². The lowest BCUT2D eigenvalue weighted by molar-refractivity contribution is -0.118. The number of fused-ring (bicyclic) bond motifs is 1. The number of ether oxygens (including phenoxy) is 3. The third kappa shape index (κ3) is 4.93. The predicted octanol–water partition coefficient (Wildman–Crippen LogP) is 2.68. The normalized spacial score (nSPS) is 10.7. The number of methoxy groups -OCH3 is 3. The molecule has 3 rings (SSSR count). The van der Waals surface area contributed by atoms with Gasteiger partial charge < -0.3 is 19.5 Å². The van der Waals surface area contributed by atoms with Crippen LogP contribution in [0.3, 0.4) is 0 Å². The van der Waals surface area contributed by atoms with Crippen molar-refractivity contribution in [1.29, 1.82) is 0 Å². The quantitative estimate of drug-likeness (QED) is 0.423. The summed E-state index contributed by atoms with van der Waals surface area (Å²) in [7, 11) is 6.30. The van der Waals surface area contributed by atoms with E-state index in [2.05, 4.69) is 10.3 Å². The van der Waals surface area contributed by atoms with Gasteiger partial charge in [-0.2, -0.15) is 0 Å². The lowest BCUT2D eigenvalue weighted by Gasteiger charge is -2.14. The summed E-state index contributed by atoms with van der Waals surface area (Å²) in [4.78, 5) is 29.6. The van der Waals surface area contributed by atoms with E-state index in [4.69, 9.17) is 14.2 Å². The molecule has 0 aliphatic rings. The minimum Gasteiger partial charge on any atom is -0.496 e. The summed E-state index contributed by atoms with van der Waals surface area (Å²) in [6.45, 7) is 2.19. The topological polar surface area (TPSA) is 91.7 Å². The summed E-state index contributed by atoms with van der Waals surface area (Å²) in [5.41, 5.74) is 2.24. The molecule has 0 atom stereocenters. The monoisotopic (exact) mass is 443 g/mol. The van der Waals surface area contributed by atoms with Gasteiger partial charge in [-0.3, -0.25) is 14.2 Å². The second-order valence-electron chi connectivity index (χ2n) is 6.86. The van der Waals surface area contributed by atoms with E-state index in [0.29, 0.717) is 33.3 Å². The summed E-state index contributed by atoms with van der Waals surface area (Å²) < 4.78 is 17.4. The standard InChI is InChI=1S/C22H25N3O5S/c1-13-6-7-16-15(8-13)21(27)25(2)22(24-16)31-12-20(26)23-11-14-9-18(29-4)19(30-5)10-17(14)28-3/h6-10H,11-12H2,1-5H3,(H,23,26). The zero-order valence-corrected chi connectivity index (χ0v) is 19.0. The molecule has 8 nitrogen and oxygen atoms in total. The first kappa shape index (κ1) is 22.5. The molecule has 0 unspecified atom stereocenters. The summed E-state index contributed by atoms with van der Waals surface area (Å²) in [5, 5.41) is 3.91. The first-order chi connectivity index (χ1) is 14.9. The van der Waals surface area contributed by atoms with Gasteiger partial charge in [0.15, 0.2) is 16.7 Å². The molecule has 3 aromatic rings. The van der Waals surface area contributed by atoms with Crippen molar-refractivity contribution in [1.82, 2.24) is 14.9 Å². The van der Waals surface area contributed by atoms with Gasteiger partial charge in [-0.05, 0) is 25.1 Å². The maximum absolute atomic E-state index is 12.6. The van der Waals surface area contributed by atoms with Crippen LogP contribution in [0.15, 0.2) is 40.3 Å². The average Bonchev–Trinajstić information content (AvgIpc) is 2.78. The number of aryl methyl sites for hydroxylation is 1. The Bertz CT molecular complexity index is 1180. The van der Waals surface area contributed by atoms with E-state index in [-0.39, 0.29) is 23.8 Å². The summed E-state index contributed by atoms with van der Waals surface area (Å²) in [5.74, 6) is 1.60. The van der Waals surface area contributed by atoms with Crippen LogP contribution in [0.1, 0.15) is 11.1 Å². The van der Waals surface area contributed by atoms with E-state index >= 15 is 0 Å². The lowest BCUT2D eigenvalue weighted by Crippen LogP contribution is -2.26. The van der Waals surface area contributed by atoms with Crippen LogP contribution < -0.4 is 25.1 Å². The van der Waals surface area contributed by atoms with Crippen molar-refractivity contribution in [2.24, 2.45) is 7.05 Å². The van der Waals surface area contributed by atoms with Gasteiger partial charge in [0.05, 0.1) is 38.0 Å². The Labute approximate surface area is 184 Å². The van der Waals surface area contributed by atoms with E-state index in [1.54, 1.807) is 40.5 Å². The summed E-state index contributed by atoms with van der Waals surface area (Å²) >= 11 is 1.21. The highest BCUT2D eigenvalue weighted by molar-refractivity contribution is 7.99. The molecule has 2 aromatic carbocycles. The van der Waals surface area contributed by atoms with E-state index < -0.39 is 0 Å². The van der Waals surface area contributed by atoms with Crippen LogP contribution in [0.5, 0.6) is 17.2 Å². The highest BCUT2D eigenvalue weighted by Gasteiger charge is 2.14. The maximum atomic E-state index is 12.6. The lowest BCUT2D eigenvalue weighted by atomic mass is 10.1. The molecule has 0 aliphatic carbocycles. The fourth-order valence-corrected chi connectivity index (χ4v) is 3.90. The summed E-state index contributed by atoms with van der Waals surface area (Å²) in [6.07, 6.45) is 0. The predicted molar refractivity (Wildman–Crippen MR) is 120 cm³/mol. The number of thioether (sulfide) groups is 1.